The lowest BCUT2D eigenvalue weighted by Gasteiger charge is -2.22. The molecule has 7 heteroatoms. The molecule has 0 aliphatic rings. The molecule has 2 rings (SSSR count). The maximum Gasteiger partial charge on any atom is 0.184 e. The van der Waals surface area contributed by atoms with Crippen molar-refractivity contribution in [2.24, 2.45) is 0 Å². The molecule has 1 heterocycles. The minimum atomic E-state index is -0.377. The first-order chi connectivity index (χ1) is 9.46. The summed E-state index contributed by atoms with van der Waals surface area (Å²) in [5.41, 5.74) is 6.96. The van der Waals surface area contributed by atoms with Gasteiger partial charge in [-0.05, 0) is 42.5 Å². The fourth-order valence-electron chi connectivity index (χ4n) is 1.79. The number of nitrogens with two attached hydrogens (primary N) is 1. The van der Waals surface area contributed by atoms with Crippen molar-refractivity contribution in [2.75, 3.05) is 20.0 Å². The van der Waals surface area contributed by atoms with Crippen LogP contribution in [0.3, 0.4) is 0 Å². The first-order valence-corrected chi connectivity index (χ1v) is 6.22. The third-order valence-electron chi connectivity index (χ3n) is 3.12. The Kier molecular flexibility index (Phi) is 3.89. The van der Waals surface area contributed by atoms with Gasteiger partial charge in [0.05, 0.1) is 19.3 Å². The van der Waals surface area contributed by atoms with Crippen LogP contribution in [0.1, 0.15) is 13.8 Å². The van der Waals surface area contributed by atoms with Crippen molar-refractivity contribution in [1.82, 2.24) is 20.2 Å². The van der Waals surface area contributed by atoms with E-state index in [0.717, 1.165) is 5.56 Å². The molecule has 0 saturated carbocycles. The van der Waals surface area contributed by atoms with E-state index in [1.807, 2.05) is 19.9 Å². The van der Waals surface area contributed by atoms with Crippen LogP contribution in [0.4, 0.5) is 5.69 Å². The zero-order valence-electron chi connectivity index (χ0n) is 12.1. The molecule has 0 aliphatic heterocycles. The standard InChI is InChI=1S/C13H19N5O2/c1-13(2,20-4)8-18-12(15-16-17-18)10-7-9(19-3)5-6-11(10)14/h5-7H,8,14H2,1-4H3. The molecule has 1 aromatic carbocycles. The van der Waals surface area contributed by atoms with Gasteiger partial charge in [-0.2, -0.15) is 0 Å². The van der Waals surface area contributed by atoms with Gasteiger partial charge >= 0.3 is 0 Å². The SMILES string of the molecule is COc1ccc(N)c(-c2nnnn2CC(C)(C)OC)c1. The summed E-state index contributed by atoms with van der Waals surface area (Å²) in [5, 5.41) is 11.8. The molecule has 0 atom stereocenters. The van der Waals surface area contributed by atoms with Gasteiger partial charge in [-0.15, -0.1) is 5.10 Å². The van der Waals surface area contributed by atoms with E-state index in [2.05, 4.69) is 15.5 Å². The van der Waals surface area contributed by atoms with Gasteiger partial charge in [0, 0.05) is 18.4 Å². The van der Waals surface area contributed by atoms with Crippen molar-refractivity contribution < 1.29 is 9.47 Å². The Morgan fingerprint density at radius 3 is 2.70 bits per heavy atom. The van der Waals surface area contributed by atoms with E-state index in [1.54, 1.807) is 31.0 Å². The number of nitrogen functional groups attached to an aromatic ring is 1. The number of hydrogen-bond donors (Lipinski definition) is 1. The first-order valence-electron chi connectivity index (χ1n) is 6.22. The normalized spacial score (nSPS) is 11.6. The van der Waals surface area contributed by atoms with E-state index in [1.165, 1.54) is 0 Å². The molecule has 20 heavy (non-hydrogen) atoms. The van der Waals surface area contributed by atoms with Crippen molar-refractivity contribution in [1.29, 1.82) is 0 Å². The van der Waals surface area contributed by atoms with Crippen LogP contribution >= 0.6 is 0 Å². The van der Waals surface area contributed by atoms with Crippen LogP contribution in [0.5, 0.6) is 5.75 Å². The average Bonchev–Trinajstić information content (AvgIpc) is 2.86. The number of methoxy groups -OCH3 is 2. The van der Waals surface area contributed by atoms with Crippen LogP contribution < -0.4 is 10.5 Å². The van der Waals surface area contributed by atoms with Crippen molar-refractivity contribution in [3.8, 4) is 17.1 Å². The molecule has 108 valence electrons. The van der Waals surface area contributed by atoms with Gasteiger partial charge in [-0.3, -0.25) is 0 Å². The quantitative estimate of drug-likeness (QED) is 0.830. The molecular formula is C13H19N5O2. The van der Waals surface area contributed by atoms with Crippen LogP contribution in [-0.2, 0) is 11.3 Å². The Morgan fingerprint density at radius 1 is 1.30 bits per heavy atom. The number of nitrogens with zero attached hydrogens (tertiary/aromatic N) is 4. The Hall–Kier alpha value is -2.15. The van der Waals surface area contributed by atoms with E-state index < -0.39 is 0 Å². The van der Waals surface area contributed by atoms with E-state index in [-0.39, 0.29) is 5.60 Å². The third kappa shape index (κ3) is 2.88. The number of benzene rings is 1. The number of ether oxygens (including phenoxy) is 2. The molecule has 0 amide bonds. The third-order valence-corrected chi connectivity index (χ3v) is 3.12. The molecule has 0 fully saturated rings. The van der Waals surface area contributed by atoms with Gasteiger partial charge in [0.2, 0.25) is 0 Å². The molecule has 0 radical (unpaired) electrons. The highest BCUT2D eigenvalue weighted by atomic mass is 16.5. The summed E-state index contributed by atoms with van der Waals surface area (Å²) >= 11 is 0. The Balaban J connectivity index is 2.42. The maximum atomic E-state index is 6.00. The summed E-state index contributed by atoms with van der Waals surface area (Å²) in [5.74, 6) is 1.29. The molecule has 0 saturated heterocycles. The largest absolute Gasteiger partial charge is 0.497 e. The molecule has 2 aromatic rings. The van der Waals surface area contributed by atoms with Gasteiger partial charge in [0.25, 0.3) is 0 Å². The number of tetrazole rings is 1. The van der Waals surface area contributed by atoms with Gasteiger partial charge in [-0.1, -0.05) is 0 Å². The molecule has 2 N–H and O–H groups in total. The Labute approximate surface area is 117 Å². The molecule has 0 bridgehead atoms. The number of hydrogen-bond acceptors (Lipinski definition) is 6. The second-order valence-corrected chi connectivity index (χ2v) is 5.08. The minimum Gasteiger partial charge on any atom is -0.497 e. The van der Waals surface area contributed by atoms with Crippen molar-refractivity contribution in [2.45, 2.75) is 26.0 Å². The average molecular weight is 277 g/mol. The lowest BCUT2D eigenvalue weighted by atomic mass is 10.1. The fourth-order valence-corrected chi connectivity index (χ4v) is 1.79. The van der Waals surface area contributed by atoms with Crippen LogP contribution in [-0.4, -0.2) is 40.0 Å². The predicted molar refractivity (Wildman–Crippen MR) is 75.3 cm³/mol. The Morgan fingerprint density at radius 2 is 2.05 bits per heavy atom. The highest BCUT2D eigenvalue weighted by Crippen LogP contribution is 2.28. The zero-order chi connectivity index (χ0) is 14.8. The van der Waals surface area contributed by atoms with Crippen LogP contribution in [0.15, 0.2) is 18.2 Å². The van der Waals surface area contributed by atoms with E-state index in [9.17, 15) is 0 Å². The lowest BCUT2D eigenvalue weighted by molar-refractivity contribution is 0.00539. The first kappa shape index (κ1) is 14.3. The summed E-state index contributed by atoms with van der Waals surface area (Å²) in [6.07, 6.45) is 0. The van der Waals surface area contributed by atoms with Gasteiger partial charge in [0.15, 0.2) is 5.82 Å². The van der Waals surface area contributed by atoms with Gasteiger partial charge in [0.1, 0.15) is 5.75 Å². The van der Waals surface area contributed by atoms with E-state index in [0.29, 0.717) is 23.8 Å². The zero-order valence-corrected chi connectivity index (χ0v) is 12.1. The molecule has 7 nitrogen and oxygen atoms in total. The number of aromatic nitrogens is 4. The summed E-state index contributed by atoms with van der Waals surface area (Å²) in [6, 6.07) is 5.39. The molecular weight excluding hydrogens is 258 g/mol. The van der Waals surface area contributed by atoms with E-state index in [4.69, 9.17) is 15.2 Å². The number of rotatable bonds is 5. The molecule has 0 aliphatic carbocycles. The van der Waals surface area contributed by atoms with Gasteiger partial charge in [-0.25, -0.2) is 4.68 Å². The summed E-state index contributed by atoms with van der Waals surface area (Å²) in [6.45, 7) is 4.45. The highest BCUT2D eigenvalue weighted by molar-refractivity contribution is 5.73. The van der Waals surface area contributed by atoms with Crippen LogP contribution in [0.2, 0.25) is 0 Å². The topological polar surface area (TPSA) is 88.1 Å². The molecule has 0 spiro atoms. The minimum absolute atomic E-state index is 0.377. The van der Waals surface area contributed by atoms with Crippen molar-refractivity contribution >= 4 is 5.69 Å². The monoisotopic (exact) mass is 277 g/mol. The van der Waals surface area contributed by atoms with Crippen LogP contribution in [0, 0.1) is 0 Å². The predicted octanol–water partition coefficient (Wildman–Crippen LogP) is 1.36. The van der Waals surface area contributed by atoms with Gasteiger partial charge < -0.3 is 15.2 Å². The summed E-state index contributed by atoms with van der Waals surface area (Å²) in [4.78, 5) is 0. The second-order valence-electron chi connectivity index (χ2n) is 5.08. The number of anilines is 1. The van der Waals surface area contributed by atoms with Crippen molar-refractivity contribution in [3.63, 3.8) is 0 Å². The molecule has 0 unspecified atom stereocenters. The molecule has 1 aromatic heterocycles. The maximum absolute atomic E-state index is 6.00. The van der Waals surface area contributed by atoms with Crippen LogP contribution in [0.25, 0.3) is 11.4 Å². The second kappa shape index (κ2) is 5.46. The van der Waals surface area contributed by atoms with Crippen molar-refractivity contribution in [3.05, 3.63) is 18.2 Å². The smallest absolute Gasteiger partial charge is 0.184 e. The lowest BCUT2D eigenvalue weighted by Crippen LogP contribution is -2.30. The Bertz CT molecular complexity index is 594. The fraction of sp³-hybridized carbons (Fsp3) is 0.462. The van der Waals surface area contributed by atoms with E-state index >= 15 is 0 Å². The summed E-state index contributed by atoms with van der Waals surface area (Å²) in [7, 11) is 3.26. The summed E-state index contributed by atoms with van der Waals surface area (Å²) < 4.78 is 12.3. The highest BCUT2D eigenvalue weighted by Gasteiger charge is 2.22.